The van der Waals surface area contributed by atoms with Gasteiger partial charge in [-0.05, 0) is 36.8 Å². The molecule has 0 saturated heterocycles. The second kappa shape index (κ2) is 8.01. The fourth-order valence-electron chi connectivity index (χ4n) is 2.16. The lowest BCUT2D eigenvalue weighted by molar-refractivity contribution is -0.137. The second-order valence-electron chi connectivity index (χ2n) is 5.05. The summed E-state index contributed by atoms with van der Waals surface area (Å²) in [6.07, 6.45) is 0.310. The molecule has 2 aromatic rings. The summed E-state index contributed by atoms with van der Waals surface area (Å²) in [5.74, 6) is -0.637. The number of phenolic OH excluding ortho intramolecular Hbond substituents is 1. The van der Waals surface area contributed by atoms with E-state index in [0.717, 1.165) is 0 Å². The second-order valence-corrected chi connectivity index (χ2v) is 5.05. The highest BCUT2D eigenvalue weighted by Crippen LogP contribution is 2.29. The number of methoxy groups -OCH3 is 1. The molecule has 24 heavy (non-hydrogen) atoms. The predicted octanol–water partition coefficient (Wildman–Crippen LogP) is 2.88. The van der Waals surface area contributed by atoms with E-state index in [9.17, 15) is 14.7 Å². The van der Waals surface area contributed by atoms with Crippen LogP contribution in [0, 0.1) is 0 Å². The van der Waals surface area contributed by atoms with Crippen LogP contribution in [0.5, 0.6) is 17.2 Å². The quantitative estimate of drug-likeness (QED) is 0.571. The van der Waals surface area contributed by atoms with Crippen LogP contribution in [0.3, 0.4) is 0 Å². The molecule has 2 N–H and O–H groups in total. The zero-order valence-corrected chi connectivity index (χ0v) is 13.2. The van der Waals surface area contributed by atoms with Crippen molar-refractivity contribution in [3.05, 3.63) is 53.6 Å². The largest absolute Gasteiger partial charge is 0.507 e. The number of hydrogen-bond donors (Lipinski definition) is 2. The number of carbonyl (C=O) groups is 2. The zero-order chi connectivity index (χ0) is 17.5. The minimum absolute atomic E-state index is 0.0150. The van der Waals surface area contributed by atoms with Gasteiger partial charge in [-0.25, -0.2) is 0 Å². The molecule has 0 amide bonds. The lowest BCUT2D eigenvalue weighted by atomic mass is 10.0. The smallest absolute Gasteiger partial charge is 0.303 e. The SMILES string of the molecule is COc1ccc(OCCCC(=O)O)c(C(=O)c2ccccc2O)c1. The van der Waals surface area contributed by atoms with E-state index in [0.29, 0.717) is 17.9 Å². The van der Waals surface area contributed by atoms with Gasteiger partial charge in [0.1, 0.15) is 17.2 Å². The number of ketones is 1. The van der Waals surface area contributed by atoms with Crippen LogP contribution in [-0.4, -0.2) is 35.7 Å². The van der Waals surface area contributed by atoms with Gasteiger partial charge in [-0.1, -0.05) is 12.1 Å². The zero-order valence-electron chi connectivity index (χ0n) is 13.2. The van der Waals surface area contributed by atoms with Crippen LogP contribution in [0.2, 0.25) is 0 Å². The monoisotopic (exact) mass is 330 g/mol. The molecule has 0 fully saturated rings. The maximum absolute atomic E-state index is 12.7. The van der Waals surface area contributed by atoms with Gasteiger partial charge in [-0.15, -0.1) is 0 Å². The first kappa shape index (κ1) is 17.3. The van der Waals surface area contributed by atoms with E-state index in [1.807, 2.05) is 0 Å². The van der Waals surface area contributed by atoms with E-state index in [1.165, 1.54) is 25.3 Å². The summed E-state index contributed by atoms with van der Waals surface area (Å²) in [6, 6.07) is 11.0. The molecule has 0 radical (unpaired) electrons. The van der Waals surface area contributed by atoms with E-state index in [4.69, 9.17) is 14.6 Å². The third-order valence-corrected chi connectivity index (χ3v) is 3.37. The molecule has 126 valence electrons. The van der Waals surface area contributed by atoms with Gasteiger partial charge < -0.3 is 19.7 Å². The van der Waals surface area contributed by atoms with Gasteiger partial charge in [0.05, 0.1) is 24.8 Å². The van der Waals surface area contributed by atoms with Crippen LogP contribution < -0.4 is 9.47 Å². The summed E-state index contributed by atoms with van der Waals surface area (Å²) in [4.78, 5) is 23.2. The lowest BCUT2D eigenvalue weighted by Gasteiger charge is -2.12. The molecule has 2 rings (SSSR count). The van der Waals surface area contributed by atoms with E-state index in [-0.39, 0.29) is 29.9 Å². The highest BCUT2D eigenvalue weighted by molar-refractivity contribution is 6.12. The average Bonchev–Trinajstić information content (AvgIpc) is 2.58. The summed E-state index contributed by atoms with van der Waals surface area (Å²) in [5.41, 5.74) is 0.396. The van der Waals surface area contributed by atoms with Crippen molar-refractivity contribution < 1.29 is 29.3 Å². The van der Waals surface area contributed by atoms with Gasteiger partial charge in [0, 0.05) is 6.42 Å². The Morgan fingerprint density at radius 3 is 2.50 bits per heavy atom. The number of hydrogen-bond acceptors (Lipinski definition) is 5. The normalized spacial score (nSPS) is 10.2. The number of para-hydroxylation sites is 1. The van der Waals surface area contributed by atoms with Crippen molar-refractivity contribution in [2.45, 2.75) is 12.8 Å². The average molecular weight is 330 g/mol. The van der Waals surface area contributed by atoms with Gasteiger partial charge >= 0.3 is 5.97 Å². The highest BCUT2D eigenvalue weighted by atomic mass is 16.5. The Kier molecular flexibility index (Phi) is 5.78. The molecule has 6 heteroatoms. The van der Waals surface area contributed by atoms with Gasteiger partial charge in [0.2, 0.25) is 5.78 Å². The van der Waals surface area contributed by atoms with Crippen molar-refractivity contribution in [2.24, 2.45) is 0 Å². The molecular weight excluding hydrogens is 312 g/mol. The van der Waals surface area contributed by atoms with Crippen molar-refractivity contribution in [1.29, 1.82) is 0 Å². The number of benzene rings is 2. The van der Waals surface area contributed by atoms with Gasteiger partial charge in [-0.2, -0.15) is 0 Å². The van der Waals surface area contributed by atoms with Crippen molar-refractivity contribution in [3.63, 3.8) is 0 Å². The van der Waals surface area contributed by atoms with Crippen molar-refractivity contribution in [1.82, 2.24) is 0 Å². The number of carbonyl (C=O) groups excluding carboxylic acids is 1. The number of phenols is 1. The van der Waals surface area contributed by atoms with Crippen molar-refractivity contribution >= 4 is 11.8 Å². The standard InChI is InChI=1S/C18H18O6/c1-23-12-8-9-16(24-10-4-7-17(20)21)14(11-12)18(22)13-5-2-3-6-15(13)19/h2-3,5-6,8-9,11,19H,4,7,10H2,1H3,(H,20,21). The molecule has 6 nitrogen and oxygen atoms in total. The first-order valence-corrected chi connectivity index (χ1v) is 7.38. The van der Waals surface area contributed by atoms with Gasteiger partial charge in [-0.3, -0.25) is 9.59 Å². The minimum atomic E-state index is -0.904. The third-order valence-electron chi connectivity index (χ3n) is 3.37. The number of carboxylic acid groups (broad SMARTS) is 1. The van der Waals surface area contributed by atoms with Crippen LogP contribution in [0.1, 0.15) is 28.8 Å². The number of ether oxygens (including phenoxy) is 2. The maximum atomic E-state index is 12.7. The molecule has 0 aliphatic heterocycles. The highest BCUT2D eigenvalue weighted by Gasteiger charge is 2.18. The molecule has 2 aromatic carbocycles. The van der Waals surface area contributed by atoms with Gasteiger partial charge in [0.15, 0.2) is 0 Å². The van der Waals surface area contributed by atoms with Crippen molar-refractivity contribution in [2.75, 3.05) is 13.7 Å². The fourth-order valence-corrected chi connectivity index (χ4v) is 2.16. The van der Waals surface area contributed by atoms with Crippen molar-refractivity contribution in [3.8, 4) is 17.2 Å². The summed E-state index contributed by atoms with van der Waals surface area (Å²) in [5, 5.41) is 18.5. The van der Waals surface area contributed by atoms with E-state index in [2.05, 4.69) is 0 Å². The van der Waals surface area contributed by atoms with Crippen LogP contribution in [0.4, 0.5) is 0 Å². The van der Waals surface area contributed by atoms with Crippen LogP contribution >= 0.6 is 0 Å². The Labute approximate surface area is 139 Å². The molecule has 0 spiro atoms. The first-order valence-electron chi connectivity index (χ1n) is 7.38. The molecule has 0 atom stereocenters. The van der Waals surface area contributed by atoms with Gasteiger partial charge in [0.25, 0.3) is 0 Å². The maximum Gasteiger partial charge on any atom is 0.303 e. The molecule has 0 heterocycles. The third kappa shape index (κ3) is 4.25. The Bertz CT molecular complexity index is 738. The van der Waals surface area contributed by atoms with E-state index >= 15 is 0 Å². The number of aromatic hydroxyl groups is 1. The van der Waals surface area contributed by atoms with E-state index < -0.39 is 11.8 Å². The lowest BCUT2D eigenvalue weighted by Crippen LogP contribution is -2.08. The Hall–Kier alpha value is -3.02. The van der Waals surface area contributed by atoms with E-state index in [1.54, 1.807) is 24.3 Å². The number of aliphatic carboxylic acids is 1. The first-order chi connectivity index (χ1) is 11.5. The Morgan fingerprint density at radius 1 is 1.08 bits per heavy atom. The fraction of sp³-hybridized carbons (Fsp3) is 0.222. The number of carboxylic acids is 1. The van der Waals surface area contributed by atoms with Crippen LogP contribution in [0.15, 0.2) is 42.5 Å². The Balaban J connectivity index is 2.27. The summed E-state index contributed by atoms with van der Waals surface area (Å²) in [7, 11) is 1.48. The minimum Gasteiger partial charge on any atom is -0.507 e. The number of rotatable bonds is 8. The molecule has 0 unspecified atom stereocenters. The summed E-state index contributed by atoms with van der Waals surface area (Å²) >= 11 is 0. The molecule has 0 bridgehead atoms. The molecule has 0 aromatic heterocycles. The molecule has 0 aliphatic carbocycles. The van der Waals surface area contributed by atoms with Crippen LogP contribution in [0.25, 0.3) is 0 Å². The molecule has 0 aliphatic rings. The van der Waals surface area contributed by atoms with Crippen LogP contribution in [-0.2, 0) is 4.79 Å². The summed E-state index contributed by atoms with van der Waals surface area (Å²) < 4.78 is 10.7. The topological polar surface area (TPSA) is 93.1 Å². The molecular formula is C18H18O6. The molecule has 0 saturated carbocycles. The summed E-state index contributed by atoms with van der Waals surface area (Å²) in [6.45, 7) is 0.166. The Morgan fingerprint density at radius 2 is 1.83 bits per heavy atom. The predicted molar refractivity (Wildman–Crippen MR) is 86.9 cm³/mol.